The number of thiocarbonyl (C=S) groups is 1. The van der Waals surface area contributed by atoms with Gasteiger partial charge in [0.25, 0.3) is 0 Å². The van der Waals surface area contributed by atoms with Crippen molar-refractivity contribution >= 4 is 70.2 Å². The molecule has 0 bridgehead atoms. The van der Waals surface area contributed by atoms with Gasteiger partial charge in [-0.1, -0.05) is 74.9 Å². The first-order valence-electron chi connectivity index (χ1n) is 19.9. The van der Waals surface area contributed by atoms with Gasteiger partial charge in [-0.2, -0.15) is 5.10 Å². The maximum atomic E-state index is 12.3. The molecule has 328 valence electrons. The SMILES string of the molecule is CCOC(=O)C(Cl)C(C)=O.CCOC(=O)c1sc(=NC2CCCCC2)n(/N=C/c2ccc(O)c(O)c2O)c1C.Oc1ccc(C=NCC(=S)CC2CCCCC2)c(O)c1O. The molecule has 0 amide bonds. The van der Waals surface area contributed by atoms with Crippen molar-refractivity contribution in [2.75, 3.05) is 19.8 Å². The first-order chi connectivity index (χ1) is 28.6. The summed E-state index contributed by atoms with van der Waals surface area (Å²) in [5.41, 5.74) is 1.17. The fraction of sp³-hybridized carbons (Fsp3) is 0.500. The van der Waals surface area contributed by atoms with Gasteiger partial charge < -0.3 is 40.1 Å². The second kappa shape index (κ2) is 24.9. The van der Waals surface area contributed by atoms with E-state index in [0.29, 0.717) is 33.4 Å². The van der Waals surface area contributed by atoms with E-state index in [0.717, 1.165) is 37.0 Å². The molecule has 2 aliphatic carbocycles. The van der Waals surface area contributed by atoms with Gasteiger partial charge in [-0.05, 0) is 77.1 Å². The first-order valence-corrected chi connectivity index (χ1v) is 21.5. The lowest BCUT2D eigenvalue weighted by Crippen LogP contribution is -2.24. The third-order valence-corrected chi connectivity index (χ3v) is 11.5. The fourth-order valence-corrected chi connectivity index (χ4v) is 7.72. The number of benzene rings is 2. The van der Waals surface area contributed by atoms with Crippen LogP contribution >= 0.6 is 35.2 Å². The molecule has 0 radical (unpaired) electrons. The first kappa shape index (κ1) is 49.4. The quantitative estimate of drug-likeness (QED) is 0.0244. The van der Waals surface area contributed by atoms with Crippen molar-refractivity contribution in [2.45, 2.75) is 110 Å². The summed E-state index contributed by atoms with van der Waals surface area (Å²) in [6.07, 6.45) is 15.7. The van der Waals surface area contributed by atoms with Crippen LogP contribution in [0.2, 0.25) is 0 Å². The lowest BCUT2D eigenvalue weighted by molar-refractivity contribution is -0.144. The highest BCUT2D eigenvalue weighted by atomic mass is 35.5. The molecule has 18 heteroatoms. The molecule has 5 rings (SSSR count). The largest absolute Gasteiger partial charge is 0.504 e. The number of aromatic nitrogens is 1. The Bertz CT molecular complexity index is 2070. The highest BCUT2D eigenvalue weighted by Crippen LogP contribution is 2.37. The zero-order valence-electron chi connectivity index (χ0n) is 34.3. The lowest BCUT2D eigenvalue weighted by atomic mass is 9.86. The maximum Gasteiger partial charge on any atom is 0.350 e. The summed E-state index contributed by atoms with van der Waals surface area (Å²) in [7, 11) is 0. The van der Waals surface area contributed by atoms with Gasteiger partial charge in [-0.25, -0.2) is 14.3 Å². The number of phenolic OH excluding ortho intramolecular Hbond substituents is 6. The van der Waals surface area contributed by atoms with Gasteiger partial charge in [-0.3, -0.25) is 14.8 Å². The second-order valence-electron chi connectivity index (χ2n) is 14.2. The predicted octanol–water partition coefficient (Wildman–Crippen LogP) is 7.58. The van der Waals surface area contributed by atoms with Crippen molar-refractivity contribution in [3.63, 3.8) is 0 Å². The average Bonchev–Trinajstić information content (AvgIpc) is 3.54. The number of halogens is 1. The van der Waals surface area contributed by atoms with E-state index in [1.165, 1.54) is 93.5 Å². The van der Waals surface area contributed by atoms with E-state index in [4.69, 9.17) is 33.5 Å². The van der Waals surface area contributed by atoms with E-state index in [1.807, 2.05) is 0 Å². The molecule has 0 spiro atoms. The normalized spacial score (nSPS) is 15.4. The summed E-state index contributed by atoms with van der Waals surface area (Å²) in [5, 5.41) is 60.8. The number of Topliss-reactive ketones (excluding diaryl/α,β-unsaturated/α-hetero) is 1. The maximum absolute atomic E-state index is 12.3. The zero-order chi connectivity index (χ0) is 44.4. The summed E-state index contributed by atoms with van der Waals surface area (Å²) in [5.74, 6) is -3.52. The van der Waals surface area contributed by atoms with Crippen LogP contribution in [-0.4, -0.2) is 102 Å². The van der Waals surface area contributed by atoms with Crippen LogP contribution in [0, 0.1) is 12.8 Å². The monoisotopic (exact) mass is 890 g/mol. The number of ether oxygens (including phenoxy) is 2. The topological polar surface area (TPSA) is 233 Å². The van der Waals surface area contributed by atoms with E-state index < -0.39 is 40.3 Å². The number of aliphatic imine (C=N–C) groups is 1. The minimum absolute atomic E-state index is 0.185. The Morgan fingerprint density at radius 2 is 1.37 bits per heavy atom. The van der Waals surface area contributed by atoms with Gasteiger partial charge in [0, 0.05) is 22.2 Å². The Labute approximate surface area is 363 Å². The van der Waals surface area contributed by atoms with Crippen molar-refractivity contribution in [1.29, 1.82) is 0 Å². The fourth-order valence-electron chi connectivity index (χ4n) is 6.32. The third kappa shape index (κ3) is 14.9. The molecule has 2 aliphatic rings. The van der Waals surface area contributed by atoms with Crippen molar-refractivity contribution in [3.05, 3.63) is 50.8 Å². The summed E-state index contributed by atoms with van der Waals surface area (Å²) in [6.45, 7) is 7.38. The Balaban J connectivity index is 0.000000270. The molecule has 2 aromatic carbocycles. The Morgan fingerprint density at radius 1 is 0.833 bits per heavy atom. The minimum Gasteiger partial charge on any atom is -0.504 e. The molecule has 6 N–H and O–H groups in total. The number of thiazole rings is 1. The number of ketones is 1. The molecule has 0 aliphatic heterocycles. The van der Waals surface area contributed by atoms with Crippen molar-refractivity contribution in [1.82, 2.24) is 4.68 Å². The highest BCUT2D eigenvalue weighted by Gasteiger charge is 2.22. The van der Waals surface area contributed by atoms with Gasteiger partial charge >= 0.3 is 11.9 Å². The van der Waals surface area contributed by atoms with Crippen molar-refractivity contribution in [3.8, 4) is 34.5 Å². The van der Waals surface area contributed by atoms with Gasteiger partial charge in [0.1, 0.15) is 4.88 Å². The van der Waals surface area contributed by atoms with E-state index in [9.17, 15) is 45.0 Å². The number of phenols is 6. The third-order valence-electron chi connectivity index (χ3n) is 9.57. The van der Waals surface area contributed by atoms with E-state index >= 15 is 0 Å². The number of alkyl halides is 1. The summed E-state index contributed by atoms with van der Waals surface area (Å²) in [4.78, 5) is 44.3. The average molecular weight is 892 g/mol. The molecule has 1 aromatic heterocycles. The summed E-state index contributed by atoms with van der Waals surface area (Å²) in [6, 6.07) is 5.69. The number of nitrogens with zero attached hydrogens (tertiary/aromatic N) is 4. The van der Waals surface area contributed by atoms with Gasteiger partial charge in [0.05, 0.1) is 37.7 Å². The van der Waals surface area contributed by atoms with Crippen LogP contribution in [-0.2, 0) is 19.1 Å². The van der Waals surface area contributed by atoms with E-state index in [1.54, 1.807) is 25.4 Å². The van der Waals surface area contributed by atoms with Crippen LogP contribution in [0.25, 0.3) is 0 Å². The van der Waals surface area contributed by atoms with Gasteiger partial charge in [0.15, 0.2) is 34.2 Å². The molecule has 1 heterocycles. The number of carbonyl (C=O) groups excluding carboxylic acids is 3. The van der Waals surface area contributed by atoms with Crippen LogP contribution < -0.4 is 4.80 Å². The minimum atomic E-state index is -1.14. The molecule has 60 heavy (non-hydrogen) atoms. The molecular weight excluding hydrogens is 836 g/mol. The number of hydrogen-bond donors (Lipinski definition) is 6. The molecule has 15 nitrogen and oxygen atoms in total. The molecule has 0 saturated heterocycles. The van der Waals surface area contributed by atoms with Crippen LogP contribution in [0.3, 0.4) is 0 Å². The van der Waals surface area contributed by atoms with Crippen molar-refractivity contribution < 1.29 is 54.5 Å². The number of aromatic hydroxyl groups is 6. The van der Waals surface area contributed by atoms with Crippen LogP contribution in [0.1, 0.15) is 118 Å². The van der Waals surface area contributed by atoms with Crippen molar-refractivity contribution in [2.24, 2.45) is 21.0 Å². The Hall–Kier alpha value is -5.00. The Kier molecular flexibility index (Phi) is 20.5. The molecule has 2 saturated carbocycles. The second-order valence-corrected chi connectivity index (χ2v) is 16.2. The number of esters is 2. The van der Waals surface area contributed by atoms with Gasteiger partial charge in [-0.15, -0.1) is 11.6 Å². The Morgan fingerprint density at radius 3 is 1.90 bits per heavy atom. The summed E-state index contributed by atoms with van der Waals surface area (Å²) < 4.78 is 11.2. The molecule has 3 aromatic rings. The molecule has 1 atom stereocenters. The lowest BCUT2D eigenvalue weighted by Gasteiger charge is -2.21. The van der Waals surface area contributed by atoms with Crippen LogP contribution in [0.15, 0.2) is 39.4 Å². The van der Waals surface area contributed by atoms with E-state index in [-0.39, 0.29) is 42.1 Å². The van der Waals surface area contributed by atoms with Crippen LogP contribution in [0.5, 0.6) is 34.5 Å². The summed E-state index contributed by atoms with van der Waals surface area (Å²) >= 11 is 11.9. The zero-order valence-corrected chi connectivity index (χ0v) is 36.7. The smallest absolute Gasteiger partial charge is 0.350 e. The van der Waals surface area contributed by atoms with Gasteiger partial charge in [0.2, 0.25) is 16.3 Å². The van der Waals surface area contributed by atoms with E-state index in [2.05, 4.69) is 14.8 Å². The number of rotatable bonds is 13. The number of hydrogen-bond acceptors (Lipinski definition) is 16. The van der Waals surface area contributed by atoms with Crippen LogP contribution in [0.4, 0.5) is 0 Å². The molecule has 2 fully saturated rings. The highest BCUT2D eigenvalue weighted by molar-refractivity contribution is 7.80. The molecular formula is C42H55ClN4O11S2. The standard InChI is InChI=1S/C20H25N3O5S.C16H21NO3S.C6H9ClO3/c1-3-28-19(27)18-12(2)23(20(29-18)22-14-7-5-4-6-8-14)21-11-13-9-10-15(24)17(26)16(13)25;18-14-7-6-12(15(19)16(14)20)9-17-10-13(21)8-11-4-2-1-3-5-11;1-3-10-6(9)5(7)4(2)8/h9-11,14,24-26H,3-8H2,1-2H3;6-7,9,11,18-20H,1-5,8,10H2;5H,3H2,1-2H3/b21-11+,22-20?;;. The predicted molar refractivity (Wildman–Crippen MR) is 235 cm³/mol. The molecule has 1 unspecified atom stereocenters. The number of carbonyl (C=O) groups is 3.